The van der Waals surface area contributed by atoms with Gasteiger partial charge in [0.1, 0.15) is 11.4 Å². The molecule has 0 bridgehead atoms. The lowest BCUT2D eigenvalue weighted by atomic mass is 10.2. The Kier molecular flexibility index (Phi) is 3.48. The zero-order valence-electron chi connectivity index (χ0n) is 9.64. The first-order valence-electron chi connectivity index (χ1n) is 5.29. The summed E-state index contributed by atoms with van der Waals surface area (Å²) in [5, 5.41) is 12.6. The predicted molar refractivity (Wildman–Crippen MR) is 70.7 cm³/mol. The fraction of sp³-hybridized carbons (Fsp3) is 0.0769. The van der Waals surface area contributed by atoms with Gasteiger partial charge in [0, 0.05) is 16.9 Å². The zero-order valence-corrected chi connectivity index (χ0v) is 10.4. The number of aromatic nitrogens is 1. The average molecular weight is 263 g/mol. The van der Waals surface area contributed by atoms with Gasteiger partial charge in [-0.1, -0.05) is 11.6 Å². The van der Waals surface area contributed by atoms with Crippen LogP contribution in [0.4, 0.5) is 11.5 Å². The molecule has 0 atom stereocenters. The van der Waals surface area contributed by atoms with Crippen LogP contribution in [0, 0.1) is 6.92 Å². The van der Waals surface area contributed by atoms with Gasteiger partial charge in [0.15, 0.2) is 0 Å². The number of carbonyl (C=O) groups is 1. The molecule has 0 aliphatic carbocycles. The Balaban J connectivity index is 2.37. The third-order valence-electron chi connectivity index (χ3n) is 2.34. The minimum Gasteiger partial charge on any atom is -0.478 e. The first-order valence-corrected chi connectivity index (χ1v) is 5.66. The van der Waals surface area contributed by atoms with E-state index in [-0.39, 0.29) is 5.56 Å². The molecule has 2 N–H and O–H groups in total. The molecule has 92 valence electrons. The van der Waals surface area contributed by atoms with E-state index in [2.05, 4.69) is 10.3 Å². The van der Waals surface area contributed by atoms with E-state index in [1.165, 1.54) is 12.3 Å². The zero-order chi connectivity index (χ0) is 13.1. The Hall–Kier alpha value is -2.07. The maximum absolute atomic E-state index is 11.0. The molecule has 0 unspecified atom stereocenters. The molecule has 1 aromatic carbocycles. The van der Waals surface area contributed by atoms with Gasteiger partial charge < -0.3 is 10.4 Å². The molecule has 0 aliphatic rings. The number of pyridine rings is 1. The fourth-order valence-corrected chi connectivity index (χ4v) is 1.91. The fourth-order valence-electron chi connectivity index (χ4n) is 1.62. The molecule has 0 fully saturated rings. The highest BCUT2D eigenvalue weighted by Gasteiger charge is 2.10. The second-order valence-corrected chi connectivity index (χ2v) is 4.28. The number of carboxylic acids is 1. The van der Waals surface area contributed by atoms with Crippen LogP contribution in [0.25, 0.3) is 0 Å². The number of carboxylic acid groups (broad SMARTS) is 1. The number of hydrogen-bond acceptors (Lipinski definition) is 3. The van der Waals surface area contributed by atoms with Crippen molar-refractivity contribution >= 4 is 29.1 Å². The molecule has 0 radical (unpaired) electrons. The summed E-state index contributed by atoms with van der Waals surface area (Å²) >= 11 is 5.94. The van der Waals surface area contributed by atoms with Gasteiger partial charge in [0.25, 0.3) is 0 Å². The predicted octanol–water partition coefficient (Wildman–Crippen LogP) is 3.49. The van der Waals surface area contributed by atoms with Crippen LogP contribution < -0.4 is 5.32 Å². The van der Waals surface area contributed by atoms with Gasteiger partial charge in [0.05, 0.1) is 0 Å². The molecule has 18 heavy (non-hydrogen) atoms. The van der Waals surface area contributed by atoms with E-state index in [0.717, 1.165) is 5.56 Å². The first-order chi connectivity index (χ1) is 8.56. The maximum atomic E-state index is 11.0. The van der Waals surface area contributed by atoms with E-state index >= 15 is 0 Å². The molecule has 5 heteroatoms. The summed E-state index contributed by atoms with van der Waals surface area (Å²) in [7, 11) is 0. The van der Waals surface area contributed by atoms with Gasteiger partial charge in [-0.15, -0.1) is 0 Å². The van der Waals surface area contributed by atoms with Crippen LogP contribution in [0.3, 0.4) is 0 Å². The Bertz CT molecular complexity index is 579. The number of hydrogen-bond donors (Lipinski definition) is 2. The van der Waals surface area contributed by atoms with E-state index in [1.807, 2.05) is 19.1 Å². The van der Waals surface area contributed by atoms with Crippen LogP contribution in [0.5, 0.6) is 0 Å². The highest BCUT2D eigenvalue weighted by molar-refractivity contribution is 6.31. The number of nitrogens with zero attached hydrogens (tertiary/aromatic N) is 1. The third-order valence-corrected chi connectivity index (χ3v) is 2.56. The van der Waals surface area contributed by atoms with Crippen LogP contribution in [0.15, 0.2) is 36.5 Å². The second-order valence-electron chi connectivity index (χ2n) is 3.85. The maximum Gasteiger partial charge on any atom is 0.339 e. The van der Waals surface area contributed by atoms with E-state index in [9.17, 15) is 4.79 Å². The van der Waals surface area contributed by atoms with E-state index in [0.29, 0.717) is 16.5 Å². The summed E-state index contributed by atoms with van der Waals surface area (Å²) in [5.41, 5.74) is 1.81. The van der Waals surface area contributed by atoms with Crippen LogP contribution in [-0.2, 0) is 0 Å². The summed E-state index contributed by atoms with van der Waals surface area (Å²) < 4.78 is 0. The lowest BCUT2D eigenvalue weighted by molar-refractivity contribution is 0.0697. The molecule has 2 rings (SSSR count). The van der Waals surface area contributed by atoms with Gasteiger partial charge in [-0.3, -0.25) is 0 Å². The van der Waals surface area contributed by atoms with Gasteiger partial charge in [-0.05, 0) is 42.8 Å². The SMILES string of the molecule is Cc1cc(Cl)cc(Nc2ncccc2C(=O)O)c1. The lowest BCUT2D eigenvalue weighted by Gasteiger charge is -2.09. The smallest absolute Gasteiger partial charge is 0.339 e. The van der Waals surface area contributed by atoms with Crippen molar-refractivity contribution in [2.75, 3.05) is 5.32 Å². The Morgan fingerprint density at radius 3 is 2.83 bits per heavy atom. The molecular formula is C13H11ClN2O2. The normalized spacial score (nSPS) is 10.1. The molecule has 0 spiro atoms. The minimum absolute atomic E-state index is 0.120. The van der Waals surface area contributed by atoms with Crippen molar-refractivity contribution in [1.29, 1.82) is 0 Å². The Morgan fingerprint density at radius 1 is 1.39 bits per heavy atom. The Labute approximate surface area is 109 Å². The molecule has 2 aromatic rings. The quantitative estimate of drug-likeness (QED) is 0.889. The van der Waals surface area contributed by atoms with E-state index in [1.54, 1.807) is 12.1 Å². The monoisotopic (exact) mass is 262 g/mol. The van der Waals surface area contributed by atoms with Crippen LogP contribution in [-0.4, -0.2) is 16.1 Å². The van der Waals surface area contributed by atoms with Gasteiger partial charge >= 0.3 is 5.97 Å². The number of aromatic carboxylic acids is 1. The molecule has 0 amide bonds. The molecule has 0 saturated heterocycles. The number of aryl methyl sites for hydroxylation is 1. The third kappa shape index (κ3) is 2.78. The summed E-state index contributed by atoms with van der Waals surface area (Å²) in [6, 6.07) is 8.48. The van der Waals surface area contributed by atoms with Crippen LogP contribution >= 0.6 is 11.6 Å². The standard InChI is InChI=1S/C13H11ClN2O2/c1-8-5-9(14)7-10(6-8)16-12-11(13(17)18)3-2-4-15-12/h2-7H,1H3,(H,15,16)(H,17,18). The topological polar surface area (TPSA) is 62.2 Å². The number of halogens is 1. The number of anilines is 2. The van der Waals surface area contributed by atoms with Crippen molar-refractivity contribution in [3.8, 4) is 0 Å². The van der Waals surface area contributed by atoms with Crippen molar-refractivity contribution in [2.24, 2.45) is 0 Å². The van der Waals surface area contributed by atoms with Crippen molar-refractivity contribution in [3.05, 3.63) is 52.7 Å². The number of benzene rings is 1. The highest BCUT2D eigenvalue weighted by atomic mass is 35.5. The molecule has 4 nitrogen and oxygen atoms in total. The van der Waals surface area contributed by atoms with E-state index in [4.69, 9.17) is 16.7 Å². The highest BCUT2D eigenvalue weighted by Crippen LogP contribution is 2.23. The Morgan fingerprint density at radius 2 is 2.17 bits per heavy atom. The summed E-state index contributed by atoms with van der Waals surface area (Å²) in [6.45, 7) is 1.91. The lowest BCUT2D eigenvalue weighted by Crippen LogP contribution is -2.04. The van der Waals surface area contributed by atoms with Crippen molar-refractivity contribution in [2.45, 2.75) is 6.92 Å². The van der Waals surface area contributed by atoms with Gasteiger partial charge in [-0.2, -0.15) is 0 Å². The number of nitrogens with one attached hydrogen (secondary N) is 1. The van der Waals surface area contributed by atoms with Crippen molar-refractivity contribution in [3.63, 3.8) is 0 Å². The summed E-state index contributed by atoms with van der Waals surface area (Å²) in [6.07, 6.45) is 1.53. The molecule has 1 heterocycles. The van der Waals surface area contributed by atoms with Crippen molar-refractivity contribution in [1.82, 2.24) is 4.98 Å². The molecule has 0 saturated carbocycles. The van der Waals surface area contributed by atoms with E-state index < -0.39 is 5.97 Å². The van der Waals surface area contributed by atoms with Crippen molar-refractivity contribution < 1.29 is 9.90 Å². The minimum atomic E-state index is -1.02. The van der Waals surface area contributed by atoms with Gasteiger partial charge in [-0.25, -0.2) is 9.78 Å². The van der Waals surface area contributed by atoms with Crippen LogP contribution in [0.1, 0.15) is 15.9 Å². The molecular weight excluding hydrogens is 252 g/mol. The second kappa shape index (κ2) is 5.06. The average Bonchev–Trinajstić information content (AvgIpc) is 2.27. The van der Waals surface area contributed by atoms with Crippen LogP contribution in [0.2, 0.25) is 5.02 Å². The summed E-state index contributed by atoms with van der Waals surface area (Å²) in [4.78, 5) is 15.1. The molecule has 0 aliphatic heterocycles. The largest absolute Gasteiger partial charge is 0.478 e. The summed E-state index contributed by atoms with van der Waals surface area (Å²) in [5.74, 6) is -0.726. The first kappa shape index (κ1) is 12.4. The molecule has 1 aromatic heterocycles. The number of rotatable bonds is 3. The van der Waals surface area contributed by atoms with Gasteiger partial charge in [0.2, 0.25) is 0 Å².